The van der Waals surface area contributed by atoms with Crippen LogP contribution in [0.3, 0.4) is 0 Å². The molecule has 216 valence electrons. The molecule has 2 rings (SSSR count). The molecule has 0 heterocycles. The van der Waals surface area contributed by atoms with Crippen LogP contribution in [-0.4, -0.2) is 79.4 Å². The third-order valence-electron chi connectivity index (χ3n) is 6.32. The number of carbonyl (C=O) groups excluding carboxylic acids is 3. The maximum Gasteiger partial charge on any atom is 0.407 e. The summed E-state index contributed by atoms with van der Waals surface area (Å²) in [5.41, 5.74) is 1.40. The van der Waals surface area contributed by atoms with Crippen molar-refractivity contribution in [1.29, 1.82) is 0 Å². The van der Waals surface area contributed by atoms with E-state index in [1.54, 1.807) is 7.11 Å². The molecule has 1 amide bonds. The molecule has 1 aromatic rings. The third-order valence-corrected chi connectivity index (χ3v) is 6.32. The zero-order chi connectivity index (χ0) is 28.7. The summed E-state index contributed by atoms with van der Waals surface area (Å²) in [5, 5.41) is 2.75. The Morgan fingerprint density at radius 2 is 1.56 bits per heavy atom. The van der Waals surface area contributed by atoms with Crippen LogP contribution in [0.2, 0.25) is 0 Å². The summed E-state index contributed by atoms with van der Waals surface area (Å²) in [7, 11) is 1.68. The minimum atomic E-state index is -0.497. The summed E-state index contributed by atoms with van der Waals surface area (Å²) in [4.78, 5) is 47.9. The number of hydrogen-bond acceptors (Lipinski definition) is 8. The Kier molecular flexibility index (Phi) is 13.8. The molecular weight excluding hydrogens is 496 g/mol. The van der Waals surface area contributed by atoms with E-state index in [0.717, 1.165) is 63.1 Å². The van der Waals surface area contributed by atoms with E-state index in [9.17, 15) is 14.4 Å². The number of rotatable bonds is 15. The molecule has 0 aliphatic heterocycles. The first-order valence-electron chi connectivity index (χ1n) is 14.1. The quantitative estimate of drug-likeness (QED) is 0.319. The zero-order valence-electron chi connectivity index (χ0n) is 24.4. The van der Waals surface area contributed by atoms with E-state index in [1.165, 1.54) is 0 Å². The van der Waals surface area contributed by atoms with Crippen LogP contribution in [0.15, 0.2) is 34.3 Å². The molecule has 1 saturated carbocycles. The lowest BCUT2D eigenvalue weighted by Gasteiger charge is -2.21. The Hall–Kier alpha value is -3.07. The van der Waals surface area contributed by atoms with Gasteiger partial charge < -0.3 is 14.8 Å². The molecule has 0 atom stereocenters. The number of alkyl carbamates (subject to hydrolysis) is 1. The van der Waals surface area contributed by atoms with Crippen LogP contribution < -0.4 is 10.1 Å². The van der Waals surface area contributed by atoms with Crippen LogP contribution in [-0.2, 0) is 20.9 Å². The monoisotopic (exact) mass is 542 g/mol. The fourth-order valence-corrected chi connectivity index (χ4v) is 4.23. The maximum absolute atomic E-state index is 12.6. The lowest BCUT2D eigenvalue weighted by atomic mass is 9.93. The molecular formula is C30H46N4O5. The number of para-hydroxylation sites is 1. The van der Waals surface area contributed by atoms with Gasteiger partial charge in [-0.1, -0.05) is 38.0 Å². The molecule has 1 aliphatic carbocycles. The van der Waals surface area contributed by atoms with Gasteiger partial charge in [-0.2, -0.15) is 0 Å². The molecule has 1 fully saturated rings. The van der Waals surface area contributed by atoms with Crippen molar-refractivity contribution in [2.24, 2.45) is 9.98 Å². The van der Waals surface area contributed by atoms with E-state index < -0.39 is 11.7 Å². The minimum Gasteiger partial charge on any atom is -0.496 e. The van der Waals surface area contributed by atoms with Gasteiger partial charge in [-0.05, 0) is 52.6 Å². The van der Waals surface area contributed by atoms with Gasteiger partial charge in [0.05, 0.1) is 31.4 Å². The number of nitrogens with zero attached hydrogens (tertiary/aromatic N) is 3. The van der Waals surface area contributed by atoms with Gasteiger partial charge in [-0.3, -0.25) is 24.5 Å². The van der Waals surface area contributed by atoms with E-state index >= 15 is 0 Å². The molecule has 0 spiro atoms. The number of hydrogen-bond donors (Lipinski definition) is 1. The van der Waals surface area contributed by atoms with Gasteiger partial charge >= 0.3 is 6.09 Å². The number of benzene rings is 1. The Balaban J connectivity index is 1.66. The van der Waals surface area contributed by atoms with E-state index in [0.29, 0.717) is 31.1 Å². The molecule has 39 heavy (non-hydrogen) atoms. The maximum atomic E-state index is 12.6. The highest BCUT2D eigenvalue weighted by atomic mass is 16.6. The van der Waals surface area contributed by atoms with Crippen molar-refractivity contribution in [2.75, 3.05) is 39.8 Å². The summed E-state index contributed by atoms with van der Waals surface area (Å²) in [6, 6.07) is 8.01. The van der Waals surface area contributed by atoms with E-state index in [4.69, 9.17) is 9.47 Å². The zero-order valence-corrected chi connectivity index (χ0v) is 24.4. The van der Waals surface area contributed by atoms with Gasteiger partial charge in [-0.15, -0.1) is 0 Å². The normalized spacial score (nSPS) is 16.3. The van der Waals surface area contributed by atoms with Crippen molar-refractivity contribution in [3.8, 4) is 5.75 Å². The van der Waals surface area contributed by atoms with Gasteiger partial charge in [0.2, 0.25) is 0 Å². The number of amides is 1. The van der Waals surface area contributed by atoms with Crippen LogP contribution >= 0.6 is 0 Å². The summed E-state index contributed by atoms with van der Waals surface area (Å²) < 4.78 is 10.7. The van der Waals surface area contributed by atoms with Crippen molar-refractivity contribution in [3.05, 3.63) is 29.8 Å². The molecule has 9 nitrogen and oxygen atoms in total. The first-order chi connectivity index (χ1) is 18.6. The van der Waals surface area contributed by atoms with Crippen molar-refractivity contribution in [1.82, 2.24) is 10.2 Å². The molecule has 0 bridgehead atoms. The highest BCUT2D eigenvalue weighted by Crippen LogP contribution is 2.19. The van der Waals surface area contributed by atoms with Gasteiger partial charge in [0.15, 0.2) is 11.6 Å². The summed E-state index contributed by atoms with van der Waals surface area (Å²) in [5.74, 6) is 0.691. The SMILES string of the molecule is CCN(CCCN=C1CC(=O)C(=NCCCCCCNC(=O)OC(C)(C)C)CC1=O)Cc1ccccc1OC. The Morgan fingerprint density at radius 1 is 0.949 bits per heavy atom. The van der Waals surface area contributed by atoms with Gasteiger partial charge in [0.1, 0.15) is 11.4 Å². The topological polar surface area (TPSA) is 110 Å². The minimum absolute atomic E-state index is 0.0480. The van der Waals surface area contributed by atoms with Gasteiger partial charge in [0, 0.05) is 38.3 Å². The predicted octanol–water partition coefficient (Wildman–Crippen LogP) is 4.81. The average Bonchev–Trinajstić information content (AvgIpc) is 2.88. The fraction of sp³-hybridized carbons (Fsp3) is 0.633. The average molecular weight is 543 g/mol. The number of nitrogens with one attached hydrogen (secondary N) is 1. The van der Waals surface area contributed by atoms with Crippen molar-refractivity contribution < 1.29 is 23.9 Å². The smallest absolute Gasteiger partial charge is 0.407 e. The summed E-state index contributed by atoms with van der Waals surface area (Å²) in [6.45, 7) is 11.8. The number of methoxy groups -OCH3 is 1. The standard InChI is InChI=1S/C30H46N4O5/c1-6-34(22-23-14-9-10-15-28(23)38-5)19-13-18-32-25-21-26(35)24(20-27(25)36)31-16-11-7-8-12-17-33-29(37)39-30(2,3)4/h9-10,14-15H,6-8,11-13,16-22H2,1-5H3,(H,33,37). The number of carbonyl (C=O) groups is 3. The molecule has 0 aromatic heterocycles. The predicted molar refractivity (Wildman–Crippen MR) is 155 cm³/mol. The molecule has 1 aliphatic rings. The summed E-state index contributed by atoms with van der Waals surface area (Å²) in [6.07, 6.45) is 4.07. The molecule has 0 saturated heterocycles. The number of Topliss-reactive ketones (excluding diaryl/α,β-unsaturated/α-hetero) is 2. The molecule has 0 unspecified atom stereocenters. The Morgan fingerprint density at radius 3 is 2.18 bits per heavy atom. The van der Waals surface area contributed by atoms with Crippen LogP contribution in [0.4, 0.5) is 4.79 Å². The van der Waals surface area contributed by atoms with Crippen molar-refractivity contribution >= 4 is 29.1 Å². The second-order valence-electron chi connectivity index (χ2n) is 10.7. The molecule has 9 heteroatoms. The largest absolute Gasteiger partial charge is 0.496 e. The number of aliphatic imine (C=N–C) groups is 2. The summed E-state index contributed by atoms with van der Waals surface area (Å²) >= 11 is 0. The van der Waals surface area contributed by atoms with E-state index in [-0.39, 0.29) is 24.4 Å². The van der Waals surface area contributed by atoms with Gasteiger partial charge in [-0.25, -0.2) is 4.79 Å². The van der Waals surface area contributed by atoms with E-state index in [1.807, 2.05) is 39.0 Å². The second kappa shape index (κ2) is 16.8. The van der Waals surface area contributed by atoms with Crippen molar-refractivity contribution in [2.45, 2.75) is 84.8 Å². The fourth-order valence-electron chi connectivity index (χ4n) is 4.23. The first kappa shape index (κ1) is 32.1. The van der Waals surface area contributed by atoms with Crippen molar-refractivity contribution in [3.63, 3.8) is 0 Å². The number of ether oxygens (including phenoxy) is 2. The Labute approximate surface area is 233 Å². The molecule has 0 radical (unpaired) electrons. The third kappa shape index (κ3) is 12.6. The van der Waals surface area contributed by atoms with Crippen LogP contribution in [0.25, 0.3) is 0 Å². The second-order valence-corrected chi connectivity index (χ2v) is 10.7. The lowest BCUT2D eigenvalue weighted by molar-refractivity contribution is -0.116. The molecule has 1 aromatic carbocycles. The molecule has 1 N–H and O–H groups in total. The highest BCUT2D eigenvalue weighted by Gasteiger charge is 2.28. The number of unbranched alkanes of at least 4 members (excludes halogenated alkanes) is 3. The van der Waals surface area contributed by atoms with E-state index in [2.05, 4.69) is 33.2 Å². The van der Waals surface area contributed by atoms with Crippen LogP contribution in [0, 0.1) is 0 Å². The van der Waals surface area contributed by atoms with Gasteiger partial charge in [0.25, 0.3) is 0 Å². The number of ketones is 2. The lowest BCUT2D eigenvalue weighted by Crippen LogP contribution is -2.33. The van der Waals surface area contributed by atoms with Crippen LogP contribution in [0.5, 0.6) is 5.75 Å². The first-order valence-corrected chi connectivity index (χ1v) is 14.1. The highest BCUT2D eigenvalue weighted by molar-refractivity contribution is 6.60. The Bertz CT molecular complexity index is 1010. The van der Waals surface area contributed by atoms with Crippen LogP contribution in [0.1, 0.15) is 78.2 Å².